The fraction of sp³-hybridized carbons (Fsp3) is 0. The highest BCUT2D eigenvalue weighted by atomic mass is 79.9. The number of aromatic nitrogens is 2. The molecule has 0 radical (unpaired) electrons. The molecule has 98 valence electrons. The van der Waals surface area contributed by atoms with Crippen LogP contribution in [0.15, 0.2) is 29.0 Å². The molecule has 2 rings (SSSR count). The molecule has 19 heavy (non-hydrogen) atoms. The lowest BCUT2D eigenvalue weighted by Crippen LogP contribution is -2.03. The van der Waals surface area contributed by atoms with E-state index in [1.165, 1.54) is 6.20 Å². The molecule has 0 atom stereocenters. The first-order valence-corrected chi connectivity index (χ1v) is 6.50. The van der Waals surface area contributed by atoms with Crippen molar-refractivity contribution >= 4 is 56.6 Å². The second-order valence-electron chi connectivity index (χ2n) is 3.44. The van der Waals surface area contributed by atoms with Crippen LogP contribution in [0.5, 0.6) is 0 Å². The number of nitrogens with zero attached hydrogens (tertiary/aromatic N) is 2. The van der Waals surface area contributed by atoms with Crippen LogP contribution in [0.2, 0.25) is 10.0 Å². The van der Waals surface area contributed by atoms with Gasteiger partial charge in [-0.05, 0) is 28.1 Å². The normalized spacial score (nSPS) is 10.3. The predicted octanol–water partition coefficient (Wildman–Crippen LogP) is 3.99. The summed E-state index contributed by atoms with van der Waals surface area (Å²) in [4.78, 5) is 18.3. The predicted molar refractivity (Wildman–Crippen MR) is 76.4 cm³/mol. The van der Waals surface area contributed by atoms with E-state index in [-0.39, 0.29) is 5.69 Å². The van der Waals surface area contributed by atoms with Crippen LogP contribution in [0.1, 0.15) is 10.5 Å². The summed E-state index contributed by atoms with van der Waals surface area (Å²) in [7, 11) is 0. The second kappa shape index (κ2) is 5.73. The van der Waals surface area contributed by atoms with Crippen LogP contribution in [0.3, 0.4) is 0 Å². The molecule has 0 spiro atoms. The molecule has 1 heterocycles. The number of hydrogen-bond acceptors (Lipinski definition) is 4. The monoisotopic (exact) mass is 361 g/mol. The second-order valence-corrected chi connectivity index (χ2v) is 5.05. The van der Waals surface area contributed by atoms with E-state index < -0.39 is 5.97 Å². The Balaban J connectivity index is 2.26. The molecule has 0 unspecified atom stereocenters. The molecule has 1 aromatic heterocycles. The minimum Gasteiger partial charge on any atom is -0.476 e. The number of carboxylic acids is 1. The molecule has 2 N–H and O–H groups in total. The largest absolute Gasteiger partial charge is 0.476 e. The summed E-state index contributed by atoms with van der Waals surface area (Å²) in [5.41, 5.74) is 0.415. The van der Waals surface area contributed by atoms with Gasteiger partial charge in [0.05, 0.1) is 28.1 Å². The van der Waals surface area contributed by atoms with Crippen molar-refractivity contribution in [3.63, 3.8) is 0 Å². The van der Waals surface area contributed by atoms with Gasteiger partial charge in [-0.15, -0.1) is 0 Å². The summed E-state index contributed by atoms with van der Waals surface area (Å²) in [5, 5.41) is 12.3. The third-order valence-electron chi connectivity index (χ3n) is 2.17. The average molecular weight is 363 g/mol. The van der Waals surface area contributed by atoms with Gasteiger partial charge in [-0.25, -0.2) is 14.8 Å². The number of benzene rings is 1. The first-order chi connectivity index (χ1) is 8.99. The van der Waals surface area contributed by atoms with Gasteiger partial charge in [-0.3, -0.25) is 0 Å². The maximum Gasteiger partial charge on any atom is 0.356 e. The molecule has 0 aliphatic heterocycles. The van der Waals surface area contributed by atoms with Crippen molar-refractivity contribution in [2.75, 3.05) is 5.32 Å². The number of halogens is 3. The van der Waals surface area contributed by atoms with Gasteiger partial charge < -0.3 is 10.4 Å². The molecule has 2 aromatic rings. The van der Waals surface area contributed by atoms with E-state index in [0.29, 0.717) is 26.0 Å². The number of rotatable bonds is 3. The Labute approximate surface area is 126 Å². The molecule has 0 saturated carbocycles. The summed E-state index contributed by atoms with van der Waals surface area (Å²) in [5.74, 6) is -0.769. The Morgan fingerprint density at radius 1 is 1.21 bits per heavy atom. The van der Waals surface area contributed by atoms with Crippen LogP contribution in [0, 0.1) is 0 Å². The van der Waals surface area contributed by atoms with Crippen LogP contribution in [-0.4, -0.2) is 21.0 Å². The van der Waals surface area contributed by atoms with E-state index in [1.807, 2.05) is 0 Å². The number of carboxylic acid groups (broad SMARTS) is 1. The van der Waals surface area contributed by atoms with Gasteiger partial charge in [0.1, 0.15) is 5.82 Å². The molecule has 0 bridgehead atoms. The number of anilines is 2. The highest BCUT2D eigenvalue weighted by Gasteiger charge is 2.10. The molecule has 5 nitrogen and oxygen atoms in total. The lowest BCUT2D eigenvalue weighted by Gasteiger charge is -2.09. The summed E-state index contributed by atoms with van der Waals surface area (Å²) in [6.07, 6.45) is 2.45. The zero-order valence-electron chi connectivity index (χ0n) is 9.19. The van der Waals surface area contributed by atoms with Crippen molar-refractivity contribution in [1.82, 2.24) is 9.97 Å². The standard InChI is InChI=1S/C11H6BrCl2N3O2/c12-5-1-2-6(10(14)9(5)13)17-8-4-15-7(3-16-8)11(18)19/h1-4H,(H,16,17)(H,18,19). The summed E-state index contributed by atoms with van der Waals surface area (Å²) < 4.78 is 0.678. The molecular weight excluding hydrogens is 357 g/mol. The fourth-order valence-electron chi connectivity index (χ4n) is 1.26. The molecule has 8 heteroatoms. The third kappa shape index (κ3) is 3.15. The topological polar surface area (TPSA) is 75.1 Å². The van der Waals surface area contributed by atoms with Crippen molar-refractivity contribution in [3.05, 3.63) is 44.7 Å². The van der Waals surface area contributed by atoms with Crippen LogP contribution < -0.4 is 5.32 Å². The minimum absolute atomic E-state index is 0.134. The fourth-order valence-corrected chi connectivity index (χ4v) is 2.08. The van der Waals surface area contributed by atoms with Crippen molar-refractivity contribution in [1.29, 1.82) is 0 Å². The van der Waals surface area contributed by atoms with Crippen LogP contribution >= 0.6 is 39.1 Å². The molecule has 0 aliphatic carbocycles. The van der Waals surface area contributed by atoms with Crippen LogP contribution in [0.25, 0.3) is 0 Å². The smallest absolute Gasteiger partial charge is 0.356 e. The van der Waals surface area contributed by atoms with E-state index in [4.69, 9.17) is 28.3 Å². The first-order valence-electron chi connectivity index (χ1n) is 4.95. The molecule has 1 aromatic carbocycles. The Morgan fingerprint density at radius 3 is 2.53 bits per heavy atom. The van der Waals surface area contributed by atoms with Gasteiger partial charge in [-0.1, -0.05) is 23.2 Å². The zero-order chi connectivity index (χ0) is 14.0. The quantitative estimate of drug-likeness (QED) is 0.807. The molecular formula is C11H6BrCl2N3O2. The summed E-state index contributed by atoms with van der Waals surface area (Å²) in [6, 6.07) is 3.45. The maximum absolute atomic E-state index is 10.6. The van der Waals surface area contributed by atoms with Crippen molar-refractivity contribution in [3.8, 4) is 0 Å². The summed E-state index contributed by atoms with van der Waals surface area (Å²) in [6.45, 7) is 0. The summed E-state index contributed by atoms with van der Waals surface area (Å²) >= 11 is 15.3. The van der Waals surface area contributed by atoms with Gasteiger partial charge in [0.2, 0.25) is 0 Å². The van der Waals surface area contributed by atoms with Crippen molar-refractivity contribution < 1.29 is 9.90 Å². The van der Waals surface area contributed by atoms with Crippen molar-refractivity contribution in [2.24, 2.45) is 0 Å². The van der Waals surface area contributed by atoms with E-state index in [9.17, 15) is 4.79 Å². The highest BCUT2D eigenvalue weighted by Crippen LogP contribution is 2.36. The van der Waals surface area contributed by atoms with Crippen LogP contribution in [-0.2, 0) is 0 Å². The lowest BCUT2D eigenvalue weighted by molar-refractivity contribution is 0.0690. The Hall–Kier alpha value is -1.37. The number of nitrogens with one attached hydrogen (secondary N) is 1. The lowest BCUT2D eigenvalue weighted by atomic mass is 10.3. The van der Waals surface area contributed by atoms with E-state index >= 15 is 0 Å². The maximum atomic E-state index is 10.6. The zero-order valence-corrected chi connectivity index (χ0v) is 12.3. The van der Waals surface area contributed by atoms with Gasteiger partial charge in [0, 0.05) is 4.47 Å². The Kier molecular flexibility index (Phi) is 4.24. The molecule has 0 amide bonds. The van der Waals surface area contributed by atoms with E-state index in [0.717, 1.165) is 6.20 Å². The van der Waals surface area contributed by atoms with Gasteiger partial charge >= 0.3 is 5.97 Å². The highest BCUT2D eigenvalue weighted by molar-refractivity contribution is 9.10. The van der Waals surface area contributed by atoms with E-state index in [1.54, 1.807) is 12.1 Å². The number of hydrogen-bond donors (Lipinski definition) is 2. The number of carbonyl (C=O) groups is 1. The van der Waals surface area contributed by atoms with Gasteiger partial charge in [0.15, 0.2) is 5.69 Å². The molecule has 0 fully saturated rings. The van der Waals surface area contributed by atoms with E-state index in [2.05, 4.69) is 31.2 Å². The minimum atomic E-state index is -1.14. The Bertz CT molecular complexity index is 635. The molecule has 0 saturated heterocycles. The van der Waals surface area contributed by atoms with Crippen LogP contribution in [0.4, 0.5) is 11.5 Å². The van der Waals surface area contributed by atoms with Crippen molar-refractivity contribution in [2.45, 2.75) is 0 Å². The first kappa shape index (κ1) is 14.0. The van der Waals surface area contributed by atoms with Gasteiger partial charge in [-0.2, -0.15) is 0 Å². The number of aromatic carboxylic acids is 1. The third-order valence-corrected chi connectivity index (χ3v) is 3.94. The average Bonchev–Trinajstić information content (AvgIpc) is 2.40. The molecule has 0 aliphatic rings. The SMILES string of the molecule is O=C(O)c1cnc(Nc2ccc(Br)c(Cl)c2Cl)cn1. The Morgan fingerprint density at radius 2 is 1.95 bits per heavy atom. The van der Waals surface area contributed by atoms with Gasteiger partial charge in [0.25, 0.3) is 0 Å².